The van der Waals surface area contributed by atoms with Gasteiger partial charge >= 0.3 is 5.97 Å². The summed E-state index contributed by atoms with van der Waals surface area (Å²) in [5.74, 6) is -0.388. The van der Waals surface area contributed by atoms with Crippen molar-refractivity contribution in [1.29, 1.82) is 0 Å². The van der Waals surface area contributed by atoms with Crippen molar-refractivity contribution in [2.24, 2.45) is 0 Å². The van der Waals surface area contributed by atoms with Crippen LogP contribution >= 0.6 is 11.3 Å². The number of fused-ring (bicyclic) bond motifs is 2. The van der Waals surface area contributed by atoms with Gasteiger partial charge in [-0.05, 0) is 18.1 Å². The number of ether oxygens (including phenoxy) is 1. The Morgan fingerprint density at radius 2 is 2.23 bits per heavy atom. The Morgan fingerprint density at radius 1 is 1.35 bits per heavy atom. The maximum atomic E-state index is 12.2. The van der Waals surface area contributed by atoms with Crippen LogP contribution in [0.15, 0.2) is 51.3 Å². The number of furan rings is 1. The van der Waals surface area contributed by atoms with Gasteiger partial charge in [-0.1, -0.05) is 19.1 Å². The van der Waals surface area contributed by atoms with Gasteiger partial charge in [-0.3, -0.25) is 14.0 Å². The van der Waals surface area contributed by atoms with E-state index in [0.717, 1.165) is 23.0 Å². The minimum absolute atomic E-state index is 0.0295. The molecule has 0 radical (unpaired) electrons. The Labute approximate surface area is 152 Å². The van der Waals surface area contributed by atoms with Crippen LogP contribution in [-0.4, -0.2) is 15.4 Å². The van der Waals surface area contributed by atoms with E-state index < -0.39 is 0 Å². The molecule has 4 rings (SSSR count). The van der Waals surface area contributed by atoms with Crippen molar-refractivity contribution in [3.05, 3.63) is 69.3 Å². The van der Waals surface area contributed by atoms with Crippen molar-refractivity contribution in [1.82, 2.24) is 9.38 Å². The third-order valence-electron chi connectivity index (χ3n) is 4.20. The summed E-state index contributed by atoms with van der Waals surface area (Å²) < 4.78 is 12.3. The summed E-state index contributed by atoms with van der Waals surface area (Å²) in [5, 5.41) is 2.70. The van der Waals surface area contributed by atoms with Gasteiger partial charge in [0, 0.05) is 28.6 Å². The quantitative estimate of drug-likeness (QED) is 0.505. The Bertz CT molecular complexity index is 1160. The lowest BCUT2D eigenvalue weighted by Gasteiger charge is -2.04. The van der Waals surface area contributed by atoms with Crippen molar-refractivity contribution in [2.75, 3.05) is 0 Å². The molecule has 4 aromatic rings. The zero-order valence-corrected chi connectivity index (χ0v) is 14.9. The average Bonchev–Trinajstić information content (AvgIpc) is 3.27. The third kappa shape index (κ3) is 3.13. The molecule has 6 nitrogen and oxygen atoms in total. The van der Waals surface area contributed by atoms with Crippen LogP contribution in [0.2, 0.25) is 0 Å². The summed E-state index contributed by atoms with van der Waals surface area (Å²) in [6.45, 7) is 2.05. The Morgan fingerprint density at radius 3 is 3.08 bits per heavy atom. The average molecular weight is 368 g/mol. The zero-order valence-electron chi connectivity index (χ0n) is 14.1. The number of rotatable bonds is 5. The molecular formula is C19H16N2O4S. The van der Waals surface area contributed by atoms with Gasteiger partial charge in [-0.25, -0.2) is 4.98 Å². The number of esters is 1. The van der Waals surface area contributed by atoms with Crippen LogP contribution in [0.4, 0.5) is 0 Å². The van der Waals surface area contributed by atoms with Crippen LogP contribution in [0.25, 0.3) is 15.9 Å². The monoisotopic (exact) mass is 368 g/mol. The van der Waals surface area contributed by atoms with E-state index in [1.54, 1.807) is 17.8 Å². The summed E-state index contributed by atoms with van der Waals surface area (Å²) in [7, 11) is 0. The fourth-order valence-electron chi connectivity index (χ4n) is 2.81. The minimum atomic E-state index is -0.388. The lowest BCUT2D eigenvalue weighted by molar-refractivity contribution is -0.144. The predicted octanol–water partition coefficient (Wildman–Crippen LogP) is 3.35. The number of nitrogens with zero attached hydrogens (tertiary/aromatic N) is 2. The number of carbonyl (C=O) groups is 1. The van der Waals surface area contributed by atoms with E-state index in [1.807, 2.05) is 18.2 Å². The maximum Gasteiger partial charge on any atom is 0.310 e. The summed E-state index contributed by atoms with van der Waals surface area (Å²) in [6, 6.07) is 7.36. The number of thiazole rings is 1. The van der Waals surface area contributed by atoms with Crippen molar-refractivity contribution < 1.29 is 13.9 Å². The number of aromatic nitrogens is 2. The molecule has 7 heteroatoms. The van der Waals surface area contributed by atoms with Gasteiger partial charge in [0.1, 0.15) is 12.2 Å². The molecule has 0 spiro atoms. The second-order valence-corrected chi connectivity index (χ2v) is 6.80. The number of hydrogen-bond acceptors (Lipinski definition) is 6. The van der Waals surface area contributed by atoms with E-state index in [1.165, 1.54) is 27.4 Å². The fourth-order valence-corrected chi connectivity index (χ4v) is 3.55. The van der Waals surface area contributed by atoms with Gasteiger partial charge in [0.25, 0.3) is 5.56 Å². The molecule has 0 saturated heterocycles. The molecule has 0 saturated carbocycles. The SMILES string of the molecule is CCc1ccc2c(CC(=O)OCc3cc(=O)n4ccsc4n3)coc2c1. The van der Waals surface area contributed by atoms with Gasteiger partial charge < -0.3 is 9.15 Å². The number of hydrogen-bond donors (Lipinski definition) is 0. The minimum Gasteiger partial charge on any atom is -0.464 e. The van der Waals surface area contributed by atoms with E-state index in [9.17, 15) is 9.59 Å². The maximum absolute atomic E-state index is 12.2. The second-order valence-electron chi connectivity index (χ2n) is 5.92. The van der Waals surface area contributed by atoms with E-state index in [-0.39, 0.29) is 24.6 Å². The van der Waals surface area contributed by atoms with E-state index in [0.29, 0.717) is 10.7 Å². The van der Waals surface area contributed by atoms with Gasteiger partial charge in [-0.15, -0.1) is 11.3 Å². The van der Waals surface area contributed by atoms with Crippen LogP contribution in [0.5, 0.6) is 0 Å². The van der Waals surface area contributed by atoms with E-state index in [2.05, 4.69) is 11.9 Å². The molecule has 0 fully saturated rings. The topological polar surface area (TPSA) is 73.8 Å². The number of carbonyl (C=O) groups excluding carboxylic acids is 1. The molecular weight excluding hydrogens is 352 g/mol. The van der Waals surface area contributed by atoms with Crippen molar-refractivity contribution in [3.63, 3.8) is 0 Å². The van der Waals surface area contributed by atoms with Crippen molar-refractivity contribution >= 4 is 33.2 Å². The molecule has 132 valence electrons. The van der Waals surface area contributed by atoms with Crippen LogP contribution < -0.4 is 5.56 Å². The van der Waals surface area contributed by atoms with E-state index >= 15 is 0 Å². The first-order valence-electron chi connectivity index (χ1n) is 8.24. The first-order valence-corrected chi connectivity index (χ1v) is 9.12. The highest BCUT2D eigenvalue weighted by Crippen LogP contribution is 2.23. The normalized spacial score (nSPS) is 11.3. The Balaban J connectivity index is 1.46. The molecule has 3 heterocycles. The lowest BCUT2D eigenvalue weighted by Crippen LogP contribution is -2.15. The highest BCUT2D eigenvalue weighted by Gasteiger charge is 2.13. The molecule has 0 unspecified atom stereocenters. The van der Waals surface area contributed by atoms with Gasteiger partial charge in [0.15, 0.2) is 4.96 Å². The Hall–Kier alpha value is -2.93. The third-order valence-corrected chi connectivity index (χ3v) is 4.96. The fraction of sp³-hybridized carbons (Fsp3) is 0.211. The summed E-state index contributed by atoms with van der Waals surface area (Å²) in [6.07, 6.45) is 4.29. The number of aryl methyl sites for hydroxylation is 1. The molecule has 0 aliphatic rings. The summed E-state index contributed by atoms with van der Waals surface area (Å²) in [5.41, 5.74) is 2.99. The Kier molecular flexibility index (Phi) is 4.30. The second kappa shape index (κ2) is 6.76. The summed E-state index contributed by atoms with van der Waals surface area (Å²) in [4.78, 5) is 29.0. The van der Waals surface area contributed by atoms with Crippen molar-refractivity contribution in [2.45, 2.75) is 26.4 Å². The largest absolute Gasteiger partial charge is 0.464 e. The molecule has 0 atom stereocenters. The molecule has 0 aliphatic carbocycles. The molecule has 0 amide bonds. The van der Waals surface area contributed by atoms with Crippen LogP contribution in [0, 0.1) is 0 Å². The van der Waals surface area contributed by atoms with E-state index in [4.69, 9.17) is 9.15 Å². The predicted molar refractivity (Wildman–Crippen MR) is 98.4 cm³/mol. The van der Waals surface area contributed by atoms with Crippen LogP contribution in [0.1, 0.15) is 23.7 Å². The molecule has 3 aromatic heterocycles. The standard InChI is InChI=1S/C19H16N2O4S/c1-2-12-3-4-15-13(10-24-16(15)7-12)8-18(23)25-11-14-9-17(22)21-5-6-26-19(21)20-14/h3-7,9-10H,2,8,11H2,1H3. The zero-order chi connectivity index (χ0) is 18.1. The van der Waals surface area contributed by atoms with Gasteiger partial charge in [-0.2, -0.15) is 0 Å². The van der Waals surface area contributed by atoms with Gasteiger partial charge in [0.2, 0.25) is 0 Å². The molecule has 26 heavy (non-hydrogen) atoms. The van der Waals surface area contributed by atoms with Gasteiger partial charge in [0.05, 0.1) is 18.4 Å². The highest BCUT2D eigenvalue weighted by atomic mass is 32.1. The molecule has 1 aromatic carbocycles. The van der Waals surface area contributed by atoms with Crippen molar-refractivity contribution in [3.8, 4) is 0 Å². The molecule has 0 aliphatic heterocycles. The molecule has 0 N–H and O–H groups in total. The lowest BCUT2D eigenvalue weighted by atomic mass is 10.1. The molecule has 0 bridgehead atoms. The first-order chi connectivity index (χ1) is 12.6. The summed E-state index contributed by atoms with van der Waals surface area (Å²) >= 11 is 1.36. The number of benzene rings is 1. The first kappa shape index (κ1) is 16.5. The highest BCUT2D eigenvalue weighted by molar-refractivity contribution is 7.15. The van der Waals surface area contributed by atoms with Crippen LogP contribution in [0.3, 0.4) is 0 Å². The smallest absolute Gasteiger partial charge is 0.310 e. The van der Waals surface area contributed by atoms with Crippen LogP contribution in [-0.2, 0) is 29.0 Å².